The normalized spacial score (nSPS) is 18.4. The van der Waals surface area contributed by atoms with Gasteiger partial charge in [-0.1, -0.05) is 12.1 Å². The first-order valence-electron chi connectivity index (χ1n) is 11.6. The first-order chi connectivity index (χ1) is 18.1. The van der Waals surface area contributed by atoms with Gasteiger partial charge in [0, 0.05) is 38.3 Å². The monoisotopic (exact) mass is 540 g/mol. The number of hydroxylamine groups is 2. The third-order valence-corrected chi connectivity index (χ3v) is 6.02. The van der Waals surface area contributed by atoms with E-state index in [-0.39, 0.29) is 49.7 Å². The lowest BCUT2D eigenvalue weighted by Gasteiger charge is -2.24. The standard InChI is InChI=1S/C24H24F4N4O6/c25-18-9-16(32-13-17(38-24(32)36)11-29-22(33)21(27)28)10-19(26)20(18)30-5-6-31(37-8-7-30)12-14-1-3-15(4-2-14)23(34)35/h1-4,9-10,17,21H,5-8,11-13H2,(H,29,33)(H,34,35). The second-order valence-electron chi connectivity index (χ2n) is 8.61. The van der Waals surface area contributed by atoms with Crippen molar-refractivity contribution in [2.45, 2.75) is 19.1 Å². The summed E-state index contributed by atoms with van der Waals surface area (Å²) in [7, 11) is 0. The summed E-state index contributed by atoms with van der Waals surface area (Å²) in [5.41, 5.74) is 0.546. The van der Waals surface area contributed by atoms with Crippen molar-refractivity contribution in [3.8, 4) is 0 Å². The Bertz CT molecular complexity index is 1180. The van der Waals surface area contributed by atoms with Gasteiger partial charge >= 0.3 is 18.5 Å². The van der Waals surface area contributed by atoms with Crippen LogP contribution in [0.15, 0.2) is 36.4 Å². The van der Waals surface area contributed by atoms with Gasteiger partial charge in [0.1, 0.15) is 11.8 Å². The van der Waals surface area contributed by atoms with Crippen molar-refractivity contribution >= 4 is 29.3 Å². The molecular weight excluding hydrogens is 516 g/mol. The highest BCUT2D eigenvalue weighted by atomic mass is 19.3. The van der Waals surface area contributed by atoms with Crippen molar-refractivity contribution in [1.82, 2.24) is 10.4 Å². The van der Waals surface area contributed by atoms with Crippen LogP contribution in [0, 0.1) is 11.6 Å². The summed E-state index contributed by atoms with van der Waals surface area (Å²) in [6.45, 7) is 0.609. The van der Waals surface area contributed by atoms with Crippen LogP contribution in [0.1, 0.15) is 15.9 Å². The molecule has 0 radical (unpaired) electrons. The molecule has 2 aromatic carbocycles. The van der Waals surface area contributed by atoms with Crippen molar-refractivity contribution in [2.75, 3.05) is 49.1 Å². The lowest BCUT2D eigenvalue weighted by Crippen LogP contribution is -2.37. The number of anilines is 2. The lowest BCUT2D eigenvalue weighted by molar-refractivity contribution is -0.154. The van der Waals surface area contributed by atoms with E-state index in [1.54, 1.807) is 17.2 Å². The Kier molecular flexibility index (Phi) is 8.32. The summed E-state index contributed by atoms with van der Waals surface area (Å²) in [4.78, 5) is 42.3. The number of cyclic esters (lactones) is 1. The van der Waals surface area contributed by atoms with Crippen molar-refractivity contribution < 1.29 is 46.6 Å². The van der Waals surface area contributed by atoms with Crippen molar-refractivity contribution in [2.24, 2.45) is 0 Å². The molecule has 0 bridgehead atoms. The predicted octanol–water partition coefficient (Wildman–Crippen LogP) is 2.62. The fraction of sp³-hybridized carbons (Fsp3) is 0.375. The number of carboxylic acid groups (broad SMARTS) is 1. The highest BCUT2D eigenvalue weighted by Crippen LogP contribution is 2.31. The Balaban J connectivity index is 1.38. The molecule has 14 heteroatoms. The van der Waals surface area contributed by atoms with Gasteiger partial charge < -0.3 is 20.1 Å². The van der Waals surface area contributed by atoms with E-state index in [1.165, 1.54) is 17.0 Å². The van der Waals surface area contributed by atoms with Gasteiger partial charge in [-0.3, -0.25) is 14.5 Å². The zero-order chi connectivity index (χ0) is 27.4. The van der Waals surface area contributed by atoms with Gasteiger partial charge in [0.25, 0.3) is 5.91 Å². The Hall–Kier alpha value is -3.91. The number of hydrogen-bond acceptors (Lipinski definition) is 7. The Morgan fingerprint density at radius 1 is 1.08 bits per heavy atom. The molecule has 2 aliphatic rings. The van der Waals surface area contributed by atoms with Crippen LogP contribution < -0.4 is 15.1 Å². The van der Waals surface area contributed by atoms with Gasteiger partial charge in [-0.15, -0.1) is 0 Å². The SMILES string of the molecule is O=C(O)c1ccc(CN2CCN(c3c(F)cc(N4CC(CNC(=O)C(F)F)OC4=O)cc3F)CCO2)cc1. The third-order valence-electron chi connectivity index (χ3n) is 6.02. The van der Waals surface area contributed by atoms with E-state index >= 15 is 8.78 Å². The van der Waals surface area contributed by atoms with Gasteiger partial charge in [0.2, 0.25) is 0 Å². The van der Waals surface area contributed by atoms with Crippen molar-refractivity contribution in [1.29, 1.82) is 0 Å². The molecule has 2 amide bonds. The summed E-state index contributed by atoms with van der Waals surface area (Å²) in [6.07, 6.45) is -5.12. The molecule has 2 heterocycles. The first kappa shape index (κ1) is 27.1. The van der Waals surface area contributed by atoms with Crippen LogP contribution in [0.25, 0.3) is 0 Å². The van der Waals surface area contributed by atoms with Crippen LogP contribution in [0.4, 0.5) is 33.7 Å². The van der Waals surface area contributed by atoms with E-state index in [4.69, 9.17) is 14.7 Å². The van der Waals surface area contributed by atoms with Gasteiger partial charge in [-0.2, -0.15) is 13.8 Å². The van der Waals surface area contributed by atoms with Crippen LogP contribution >= 0.6 is 0 Å². The highest BCUT2D eigenvalue weighted by molar-refractivity contribution is 5.90. The summed E-state index contributed by atoms with van der Waals surface area (Å²) >= 11 is 0. The predicted molar refractivity (Wildman–Crippen MR) is 125 cm³/mol. The molecule has 0 spiro atoms. The maximum Gasteiger partial charge on any atom is 0.414 e. The van der Waals surface area contributed by atoms with E-state index in [2.05, 4.69) is 0 Å². The number of carbonyl (C=O) groups excluding carboxylic acids is 2. The second kappa shape index (κ2) is 11.6. The van der Waals surface area contributed by atoms with Gasteiger partial charge in [-0.05, 0) is 17.7 Å². The molecule has 2 N–H and O–H groups in total. The summed E-state index contributed by atoms with van der Waals surface area (Å²) in [6, 6.07) is 8.24. The number of benzene rings is 2. The fourth-order valence-corrected chi connectivity index (χ4v) is 4.13. The number of nitrogens with one attached hydrogen (secondary N) is 1. The molecule has 1 atom stereocenters. The first-order valence-corrected chi connectivity index (χ1v) is 11.6. The molecule has 10 nitrogen and oxygen atoms in total. The summed E-state index contributed by atoms with van der Waals surface area (Å²) < 4.78 is 59.9. The molecule has 2 aliphatic heterocycles. The number of nitrogens with zero attached hydrogens (tertiary/aromatic N) is 3. The van der Waals surface area contributed by atoms with Gasteiger partial charge in [0.15, 0.2) is 11.6 Å². The minimum Gasteiger partial charge on any atom is -0.478 e. The fourth-order valence-electron chi connectivity index (χ4n) is 4.13. The summed E-state index contributed by atoms with van der Waals surface area (Å²) in [5, 5.41) is 12.6. The molecule has 0 aliphatic carbocycles. The number of hydrogen-bond donors (Lipinski definition) is 2. The Morgan fingerprint density at radius 3 is 2.39 bits per heavy atom. The van der Waals surface area contributed by atoms with Gasteiger partial charge in [0.05, 0.1) is 30.9 Å². The Labute approximate surface area is 214 Å². The molecule has 0 aromatic heterocycles. The maximum atomic E-state index is 15.1. The van der Waals surface area contributed by atoms with Crippen LogP contribution in [0.5, 0.6) is 0 Å². The largest absolute Gasteiger partial charge is 0.478 e. The zero-order valence-corrected chi connectivity index (χ0v) is 19.9. The number of amides is 2. The summed E-state index contributed by atoms with van der Waals surface area (Å²) in [5.74, 6) is -4.38. The van der Waals surface area contributed by atoms with Crippen LogP contribution in [-0.4, -0.2) is 80.0 Å². The minimum atomic E-state index is -3.22. The number of carbonyl (C=O) groups is 3. The molecule has 2 saturated heterocycles. The van der Waals surface area contributed by atoms with Crippen molar-refractivity contribution in [3.63, 3.8) is 0 Å². The second-order valence-corrected chi connectivity index (χ2v) is 8.61. The van der Waals surface area contributed by atoms with E-state index in [0.717, 1.165) is 22.6 Å². The molecule has 204 valence electrons. The van der Waals surface area contributed by atoms with Crippen LogP contribution in [-0.2, 0) is 20.9 Å². The van der Waals surface area contributed by atoms with Crippen LogP contribution in [0.2, 0.25) is 0 Å². The average molecular weight is 540 g/mol. The minimum absolute atomic E-state index is 0.117. The average Bonchev–Trinajstić information content (AvgIpc) is 3.09. The van der Waals surface area contributed by atoms with Crippen LogP contribution in [0.3, 0.4) is 0 Å². The van der Waals surface area contributed by atoms with Gasteiger partial charge in [-0.25, -0.2) is 18.4 Å². The van der Waals surface area contributed by atoms with E-state index < -0.39 is 42.1 Å². The Morgan fingerprint density at radius 2 is 1.76 bits per heavy atom. The number of aromatic carboxylic acids is 1. The zero-order valence-electron chi connectivity index (χ0n) is 19.9. The van der Waals surface area contributed by atoms with E-state index in [0.29, 0.717) is 13.1 Å². The number of rotatable bonds is 8. The van der Waals surface area contributed by atoms with E-state index in [1.807, 2.05) is 5.32 Å². The smallest absolute Gasteiger partial charge is 0.414 e. The van der Waals surface area contributed by atoms with E-state index in [9.17, 15) is 23.2 Å². The molecular formula is C24H24F4N4O6. The molecule has 0 saturated carbocycles. The number of halogens is 4. The third kappa shape index (κ3) is 6.31. The molecule has 4 rings (SSSR count). The topological polar surface area (TPSA) is 112 Å². The molecule has 38 heavy (non-hydrogen) atoms. The highest BCUT2D eigenvalue weighted by Gasteiger charge is 2.34. The number of ether oxygens (including phenoxy) is 1. The number of alkyl halides is 2. The maximum absolute atomic E-state index is 15.1. The molecule has 2 aromatic rings. The lowest BCUT2D eigenvalue weighted by atomic mass is 10.1. The van der Waals surface area contributed by atoms with Crippen molar-refractivity contribution in [3.05, 3.63) is 59.2 Å². The number of carboxylic acids is 1. The molecule has 1 unspecified atom stereocenters. The molecule has 2 fully saturated rings. The quantitative estimate of drug-likeness (QED) is 0.492.